The van der Waals surface area contributed by atoms with Crippen molar-refractivity contribution in [2.75, 3.05) is 13.6 Å². The van der Waals surface area contributed by atoms with Gasteiger partial charge in [-0.15, -0.1) is 0 Å². The maximum Gasteiger partial charge on any atom is 0.247 e. The van der Waals surface area contributed by atoms with E-state index in [1.807, 2.05) is 0 Å². The third-order valence-corrected chi connectivity index (χ3v) is 4.36. The molecule has 0 saturated heterocycles. The number of fused-ring (bicyclic) bond motifs is 1. The van der Waals surface area contributed by atoms with Gasteiger partial charge in [-0.05, 0) is 19.9 Å². The molecular weight excluding hydrogens is 242 g/mol. The predicted molar refractivity (Wildman–Crippen MR) is 70.6 cm³/mol. The highest BCUT2D eigenvalue weighted by Crippen LogP contribution is 2.29. The van der Waals surface area contributed by atoms with Gasteiger partial charge in [-0.1, -0.05) is 19.3 Å². The fraction of sp³-hybridized carbons (Fsp3) is 0.714. The Morgan fingerprint density at radius 1 is 1.37 bits per heavy atom. The second-order valence-corrected chi connectivity index (χ2v) is 5.46. The zero-order chi connectivity index (χ0) is 13.2. The molecule has 19 heavy (non-hydrogen) atoms. The van der Waals surface area contributed by atoms with Crippen molar-refractivity contribution in [1.29, 1.82) is 0 Å². The Labute approximate surface area is 113 Å². The zero-order valence-electron chi connectivity index (χ0n) is 11.4. The number of aromatic nitrogens is 1. The Morgan fingerprint density at radius 2 is 2.16 bits per heavy atom. The van der Waals surface area contributed by atoms with Gasteiger partial charge in [0.1, 0.15) is 6.04 Å². The van der Waals surface area contributed by atoms with Gasteiger partial charge in [-0.2, -0.15) is 0 Å². The molecule has 1 aromatic heterocycles. The van der Waals surface area contributed by atoms with Gasteiger partial charge in [0.15, 0.2) is 12.2 Å². The molecule has 5 nitrogen and oxygen atoms in total. The minimum Gasteiger partial charge on any atom is -0.446 e. The standard InChI is InChI=1S/C14H21N3O2/c1-15-12-13-11(16-9-19-13)7-8-17(14(12)18)10-5-3-2-4-6-10/h9-10,12,15H,2-8H2,1H3. The van der Waals surface area contributed by atoms with Crippen molar-refractivity contribution in [2.45, 2.75) is 50.6 Å². The maximum atomic E-state index is 12.7. The Morgan fingerprint density at radius 3 is 2.89 bits per heavy atom. The van der Waals surface area contributed by atoms with Crippen LogP contribution in [0.5, 0.6) is 0 Å². The van der Waals surface area contributed by atoms with Gasteiger partial charge >= 0.3 is 0 Å². The summed E-state index contributed by atoms with van der Waals surface area (Å²) >= 11 is 0. The zero-order valence-corrected chi connectivity index (χ0v) is 11.4. The lowest BCUT2D eigenvalue weighted by Gasteiger charge is -2.34. The first kappa shape index (κ1) is 12.7. The van der Waals surface area contributed by atoms with Gasteiger partial charge in [-0.25, -0.2) is 4.98 Å². The molecule has 5 heteroatoms. The molecule has 1 aliphatic heterocycles. The first-order valence-corrected chi connectivity index (χ1v) is 7.21. The Kier molecular flexibility index (Phi) is 3.55. The van der Waals surface area contributed by atoms with E-state index in [0.29, 0.717) is 11.8 Å². The lowest BCUT2D eigenvalue weighted by Crippen LogP contribution is -2.46. The normalized spacial score (nSPS) is 25.2. The van der Waals surface area contributed by atoms with Gasteiger partial charge in [0.25, 0.3) is 0 Å². The highest BCUT2D eigenvalue weighted by molar-refractivity contribution is 5.83. The average Bonchev–Trinajstić information content (AvgIpc) is 2.85. The minimum absolute atomic E-state index is 0.143. The first-order valence-electron chi connectivity index (χ1n) is 7.21. The summed E-state index contributed by atoms with van der Waals surface area (Å²) in [5.74, 6) is 0.843. The van der Waals surface area contributed by atoms with E-state index < -0.39 is 0 Å². The summed E-state index contributed by atoms with van der Waals surface area (Å²) in [6.45, 7) is 0.765. The van der Waals surface area contributed by atoms with Crippen LogP contribution in [-0.2, 0) is 11.2 Å². The van der Waals surface area contributed by atoms with Crippen molar-refractivity contribution in [3.63, 3.8) is 0 Å². The molecule has 1 aromatic rings. The van der Waals surface area contributed by atoms with Crippen molar-refractivity contribution in [1.82, 2.24) is 15.2 Å². The average molecular weight is 263 g/mol. The summed E-state index contributed by atoms with van der Waals surface area (Å²) in [4.78, 5) is 19.0. The summed E-state index contributed by atoms with van der Waals surface area (Å²) < 4.78 is 5.42. The molecule has 0 radical (unpaired) electrons. The number of hydrogen-bond acceptors (Lipinski definition) is 4. The minimum atomic E-state index is -0.373. The molecule has 1 atom stereocenters. The molecule has 2 aliphatic rings. The van der Waals surface area contributed by atoms with Crippen molar-refractivity contribution in [3.8, 4) is 0 Å². The number of oxazole rings is 1. The fourth-order valence-corrected chi connectivity index (χ4v) is 3.33. The Balaban J connectivity index is 1.85. The van der Waals surface area contributed by atoms with Crippen LogP contribution >= 0.6 is 0 Å². The largest absolute Gasteiger partial charge is 0.446 e. The molecule has 2 heterocycles. The van der Waals surface area contributed by atoms with Crippen molar-refractivity contribution in [3.05, 3.63) is 17.8 Å². The summed E-state index contributed by atoms with van der Waals surface area (Å²) in [6.07, 6.45) is 8.29. The summed E-state index contributed by atoms with van der Waals surface area (Å²) in [6, 6.07) is 0.0306. The molecule has 1 N–H and O–H groups in total. The second-order valence-electron chi connectivity index (χ2n) is 5.46. The van der Waals surface area contributed by atoms with Gasteiger partial charge in [0, 0.05) is 19.0 Å². The van der Waals surface area contributed by atoms with Crippen molar-refractivity contribution < 1.29 is 9.21 Å². The van der Waals surface area contributed by atoms with E-state index in [9.17, 15) is 4.79 Å². The van der Waals surface area contributed by atoms with Crippen LogP contribution < -0.4 is 5.32 Å². The van der Waals surface area contributed by atoms with E-state index in [-0.39, 0.29) is 11.9 Å². The number of likely N-dealkylation sites (N-methyl/N-ethyl adjacent to an activating group) is 1. The molecule has 1 aliphatic carbocycles. The fourth-order valence-electron chi connectivity index (χ4n) is 3.33. The van der Waals surface area contributed by atoms with E-state index in [2.05, 4.69) is 15.2 Å². The van der Waals surface area contributed by atoms with E-state index in [1.54, 1.807) is 7.05 Å². The number of nitrogens with zero attached hydrogens (tertiary/aromatic N) is 2. The van der Waals surface area contributed by atoms with Gasteiger partial charge < -0.3 is 14.6 Å². The summed E-state index contributed by atoms with van der Waals surface area (Å²) in [5.41, 5.74) is 0.922. The van der Waals surface area contributed by atoms with Gasteiger partial charge in [0.2, 0.25) is 5.91 Å². The lowest BCUT2D eigenvalue weighted by atomic mass is 9.94. The number of carbonyl (C=O) groups excluding carboxylic acids is 1. The summed E-state index contributed by atoms with van der Waals surface area (Å²) in [7, 11) is 1.80. The molecule has 1 unspecified atom stereocenters. The monoisotopic (exact) mass is 263 g/mol. The highest BCUT2D eigenvalue weighted by Gasteiger charge is 2.36. The van der Waals surface area contributed by atoms with Crippen LogP contribution in [0.2, 0.25) is 0 Å². The molecule has 1 fully saturated rings. The Hall–Kier alpha value is -1.36. The number of nitrogens with one attached hydrogen (secondary N) is 1. The molecule has 0 spiro atoms. The molecule has 0 bridgehead atoms. The van der Waals surface area contributed by atoms with Gasteiger partial charge in [-0.3, -0.25) is 4.79 Å². The number of rotatable bonds is 2. The van der Waals surface area contributed by atoms with E-state index in [0.717, 1.165) is 31.5 Å². The number of amides is 1. The first-order chi connectivity index (χ1) is 9.31. The van der Waals surface area contributed by atoms with Crippen LogP contribution in [0.15, 0.2) is 10.8 Å². The maximum absolute atomic E-state index is 12.7. The van der Waals surface area contributed by atoms with E-state index >= 15 is 0 Å². The molecule has 3 rings (SSSR count). The molecular formula is C14H21N3O2. The second kappa shape index (κ2) is 5.33. The lowest BCUT2D eigenvalue weighted by molar-refractivity contribution is -0.136. The van der Waals surface area contributed by atoms with Crippen LogP contribution in [0.25, 0.3) is 0 Å². The SMILES string of the molecule is CNC1C(=O)N(C2CCCCC2)CCc2ncoc21. The molecule has 104 valence electrons. The topological polar surface area (TPSA) is 58.4 Å². The van der Waals surface area contributed by atoms with Crippen molar-refractivity contribution >= 4 is 5.91 Å². The van der Waals surface area contributed by atoms with Crippen LogP contribution in [0.3, 0.4) is 0 Å². The van der Waals surface area contributed by atoms with E-state index in [1.165, 1.54) is 25.7 Å². The smallest absolute Gasteiger partial charge is 0.247 e. The van der Waals surface area contributed by atoms with Crippen LogP contribution in [0.4, 0.5) is 0 Å². The molecule has 0 aromatic carbocycles. The molecule has 1 saturated carbocycles. The Bertz CT molecular complexity index is 451. The van der Waals surface area contributed by atoms with Crippen LogP contribution in [-0.4, -0.2) is 35.4 Å². The predicted octanol–water partition coefficient (Wildman–Crippen LogP) is 1.65. The number of hydrogen-bond donors (Lipinski definition) is 1. The van der Waals surface area contributed by atoms with Crippen LogP contribution in [0, 0.1) is 0 Å². The van der Waals surface area contributed by atoms with Crippen molar-refractivity contribution in [2.24, 2.45) is 0 Å². The van der Waals surface area contributed by atoms with Crippen LogP contribution in [0.1, 0.15) is 49.6 Å². The molecule has 1 amide bonds. The third-order valence-electron chi connectivity index (χ3n) is 4.36. The quantitative estimate of drug-likeness (QED) is 0.881. The van der Waals surface area contributed by atoms with Gasteiger partial charge in [0.05, 0.1) is 5.69 Å². The highest BCUT2D eigenvalue weighted by atomic mass is 16.3. The van der Waals surface area contributed by atoms with E-state index in [4.69, 9.17) is 4.42 Å². The number of carbonyl (C=O) groups is 1. The third kappa shape index (κ3) is 2.27. The summed E-state index contributed by atoms with van der Waals surface area (Å²) in [5, 5.41) is 3.08.